The molecule has 1 aliphatic heterocycles. The molecule has 1 unspecified atom stereocenters. The number of rotatable bonds is 4. The topological polar surface area (TPSA) is 33.1 Å². The average molecular weight is 208 g/mol. The van der Waals surface area contributed by atoms with Gasteiger partial charge < -0.3 is 10.2 Å². The summed E-state index contributed by atoms with van der Waals surface area (Å²) in [6.45, 7) is 8.55. The maximum absolute atomic E-state index is 4.30. The van der Waals surface area contributed by atoms with Crippen molar-refractivity contribution >= 4 is 5.69 Å². The largest absolute Gasteiger partial charge is 0.367 e. The third-order valence-electron chi connectivity index (χ3n) is 2.99. The second-order valence-electron chi connectivity index (χ2n) is 4.04. The zero-order valence-electron chi connectivity index (χ0n) is 9.61. The molecular weight excluding hydrogens is 188 g/mol. The van der Waals surface area contributed by atoms with Crippen LogP contribution < -0.4 is 10.2 Å². The second kappa shape index (κ2) is 4.66. The summed E-state index contributed by atoms with van der Waals surface area (Å²) in [5.74, 6) is 0. The third kappa shape index (κ3) is 2.31. The van der Waals surface area contributed by atoms with E-state index in [9.17, 15) is 0 Å². The van der Waals surface area contributed by atoms with Crippen molar-refractivity contribution in [2.45, 2.75) is 32.9 Å². The van der Waals surface area contributed by atoms with Crippen LogP contribution in [0.3, 0.4) is 0 Å². The summed E-state index contributed by atoms with van der Waals surface area (Å²) >= 11 is 0. The lowest BCUT2D eigenvalue weighted by atomic mass is 10.3. The Morgan fingerprint density at radius 2 is 2.40 bits per heavy atom. The van der Waals surface area contributed by atoms with E-state index in [1.807, 2.05) is 10.9 Å². The Morgan fingerprint density at radius 1 is 1.53 bits per heavy atom. The number of likely N-dealkylation sites (N-methyl/N-ethyl adjacent to an activating group) is 1. The van der Waals surface area contributed by atoms with Crippen molar-refractivity contribution in [2.24, 2.45) is 0 Å². The molecule has 0 spiro atoms. The zero-order valence-corrected chi connectivity index (χ0v) is 9.61. The summed E-state index contributed by atoms with van der Waals surface area (Å²) in [5.41, 5.74) is 1.26. The van der Waals surface area contributed by atoms with Crippen molar-refractivity contribution in [3.05, 3.63) is 12.4 Å². The number of hydrogen-bond donors (Lipinski definition) is 1. The van der Waals surface area contributed by atoms with Crippen LogP contribution in [0.2, 0.25) is 0 Å². The highest BCUT2D eigenvalue weighted by Crippen LogP contribution is 2.19. The molecule has 1 aliphatic rings. The van der Waals surface area contributed by atoms with E-state index in [2.05, 4.69) is 35.4 Å². The predicted octanol–water partition coefficient (Wildman–Crippen LogP) is 1.09. The van der Waals surface area contributed by atoms with Gasteiger partial charge in [0.1, 0.15) is 0 Å². The maximum atomic E-state index is 4.30. The summed E-state index contributed by atoms with van der Waals surface area (Å²) in [5, 5.41) is 7.80. The Kier molecular flexibility index (Phi) is 3.26. The van der Waals surface area contributed by atoms with Gasteiger partial charge in [-0.25, -0.2) is 0 Å². The molecule has 2 rings (SSSR count). The van der Waals surface area contributed by atoms with Crippen LogP contribution in [-0.4, -0.2) is 35.5 Å². The van der Waals surface area contributed by atoms with Crippen molar-refractivity contribution < 1.29 is 0 Å². The molecular formula is C11H20N4. The summed E-state index contributed by atoms with van der Waals surface area (Å²) in [4.78, 5) is 2.41. The van der Waals surface area contributed by atoms with E-state index in [0.29, 0.717) is 6.04 Å². The normalized spacial score (nSPS) is 21.2. The molecule has 2 heterocycles. The van der Waals surface area contributed by atoms with E-state index in [0.717, 1.165) is 26.2 Å². The van der Waals surface area contributed by atoms with Crippen LogP contribution in [0.15, 0.2) is 12.4 Å². The maximum Gasteiger partial charge on any atom is 0.0753 e. The smallest absolute Gasteiger partial charge is 0.0753 e. The first-order valence-electron chi connectivity index (χ1n) is 5.84. The fourth-order valence-electron chi connectivity index (χ4n) is 2.14. The van der Waals surface area contributed by atoms with Crippen LogP contribution in [0.5, 0.6) is 0 Å². The molecule has 15 heavy (non-hydrogen) atoms. The Bertz CT molecular complexity index is 307. The lowest BCUT2D eigenvalue weighted by molar-refractivity contribution is 0.572. The molecule has 1 aromatic rings. The third-order valence-corrected chi connectivity index (χ3v) is 2.99. The van der Waals surface area contributed by atoms with Gasteiger partial charge in [-0.3, -0.25) is 4.68 Å². The van der Waals surface area contributed by atoms with Gasteiger partial charge in [-0.05, 0) is 19.9 Å². The van der Waals surface area contributed by atoms with E-state index in [4.69, 9.17) is 0 Å². The number of nitrogens with one attached hydrogen (secondary N) is 1. The molecule has 0 amide bonds. The van der Waals surface area contributed by atoms with Gasteiger partial charge in [0.15, 0.2) is 0 Å². The summed E-state index contributed by atoms with van der Waals surface area (Å²) < 4.78 is 1.98. The number of hydrogen-bond acceptors (Lipinski definition) is 3. The molecule has 0 saturated carbocycles. The molecule has 1 atom stereocenters. The molecule has 4 heteroatoms. The van der Waals surface area contributed by atoms with Gasteiger partial charge in [0, 0.05) is 31.9 Å². The lowest BCUT2D eigenvalue weighted by Gasteiger charge is -2.16. The zero-order chi connectivity index (χ0) is 10.7. The van der Waals surface area contributed by atoms with Crippen molar-refractivity contribution in [1.82, 2.24) is 15.1 Å². The van der Waals surface area contributed by atoms with Crippen LogP contribution in [-0.2, 0) is 6.54 Å². The molecule has 84 valence electrons. The van der Waals surface area contributed by atoms with Crippen molar-refractivity contribution in [3.8, 4) is 0 Å². The van der Waals surface area contributed by atoms with E-state index >= 15 is 0 Å². The van der Waals surface area contributed by atoms with Gasteiger partial charge in [-0.2, -0.15) is 5.10 Å². The SMILES string of the molecule is CCNC1CCN(c2cnn(CC)c2)C1. The highest BCUT2D eigenvalue weighted by atomic mass is 15.3. The Labute approximate surface area is 91.3 Å². The first kappa shape index (κ1) is 10.5. The molecule has 1 saturated heterocycles. The molecule has 1 N–H and O–H groups in total. The van der Waals surface area contributed by atoms with Gasteiger partial charge in [0.05, 0.1) is 11.9 Å². The molecule has 1 aromatic heterocycles. The highest BCUT2D eigenvalue weighted by Gasteiger charge is 2.22. The van der Waals surface area contributed by atoms with Crippen LogP contribution in [0.1, 0.15) is 20.3 Å². The summed E-state index contributed by atoms with van der Waals surface area (Å²) in [7, 11) is 0. The molecule has 0 bridgehead atoms. The first-order chi connectivity index (χ1) is 7.33. The van der Waals surface area contributed by atoms with Crippen LogP contribution in [0.25, 0.3) is 0 Å². The fraction of sp³-hybridized carbons (Fsp3) is 0.727. The minimum Gasteiger partial charge on any atom is -0.367 e. The number of nitrogens with zero attached hydrogens (tertiary/aromatic N) is 3. The number of anilines is 1. The first-order valence-corrected chi connectivity index (χ1v) is 5.84. The average Bonchev–Trinajstić information content (AvgIpc) is 2.85. The van der Waals surface area contributed by atoms with Gasteiger partial charge in [-0.1, -0.05) is 6.92 Å². The van der Waals surface area contributed by atoms with Crippen LogP contribution in [0, 0.1) is 0 Å². The van der Waals surface area contributed by atoms with E-state index in [-0.39, 0.29) is 0 Å². The second-order valence-corrected chi connectivity index (χ2v) is 4.04. The molecule has 1 fully saturated rings. The van der Waals surface area contributed by atoms with Crippen molar-refractivity contribution in [1.29, 1.82) is 0 Å². The molecule has 0 aliphatic carbocycles. The summed E-state index contributed by atoms with van der Waals surface area (Å²) in [6.07, 6.45) is 5.34. The van der Waals surface area contributed by atoms with Gasteiger partial charge in [-0.15, -0.1) is 0 Å². The predicted molar refractivity (Wildman–Crippen MR) is 62.2 cm³/mol. The number of aryl methyl sites for hydroxylation is 1. The van der Waals surface area contributed by atoms with E-state index in [1.165, 1.54) is 12.1 Å². The monoisotopic (exact) mass is 208 g/mol. The Balaban J connectivity index is 1.95. The van der Waals surface area contributed by atoms with Gasteiger partial charge in [0.25, 0.3) is 0 Å². The lowest BCUT2D eigenvalue weighted by Crippen LogP contribution is -2.32. The minimum absolute atomic E-state index is 0.653. The van der Waals surface area contributed by atoms with E-state index in [1.54, 1.807) is 0 Å². The van der Waals surface area contributed by atoms with Crippen LogP contribution >= 0.6 is 0 Å². The van der Waals surface area contributed by atoms with Gasteiger partial charge in [0.2, 0.25) is 0 Å². The van der Waals surface area contributed by atoms with Gasteiger partial charge >= 0.3 is 0 Å². The standard InChI is InChI=1S/C11H20N4/c1-3-12-10-5-6-14(8-10)11-7-13-15(4-2)9-11/h7,9-10,12H,3-6,8H2,1-2H3. The number of aromatic nitrogens is 2. The Morgan fingerprint density at radius 3 is 3.07 bits per heavy atom. The highest BCUT2D eigenvalue weighted by molar-refractivity contribution is 5.43. The minimum atomic E-state index is 0.653. The molecule has 4 nitrogen and oxygen atoms in total. The fourth-order valence-corrected chi connectivity index (χ4v) is 2.14. The Hall–Kier alpha value is -1.03. The summed E-state index contributed by atoms with van der Waals surface area (Å²) in [6, 6.07) is 0.653. The molecule has 0 aromatic carbocycles. The quantitative estimate of drug-likeness (QED) is 0.804. The van der Waals surface area contributed by atoms with Crippen molar-refractivity contribution in [2.75, 3.05) is 24.5 Å². The van der Waals surface area contributed by atoms with Crippen LogP contribution in [0.4, 0.5) is 5.69 Å². The molecule has 0 radical (unpaired) electrons. The van der Waals surface area contributed by atoms with Crippen molar-refractivity contribution in [3.63, 3.8) is 0 Å². The van der Waals surface area contributed by atoms with E-state index < -0.39 is 0 Å².